The minimum absolute atomic E-state index is 0.0194. The molecule has 0 aromatic heterocycles. The van der Waals surface area contributed by atoms with Gasteiger partial charge in [0.15, 0.2) is 0 Å². The van der Waals surface area contributed by atoms with E-state index < -0.39 is 0 Å². The fraction of sp³-hybridized carbons (Fsp3) is 0.417. The molecule has 7 aromatic rings. The van der Waals surface area contributed by atoms with Gasteiger partial charge in [0.1, 0.15) is 0 Å². The minimum atomic E-state index is -0.143. The van der Waals surface area contributed by atoms with Crippen LogP contribution in [-0.4, -0.2) is 12.3 Å². The van der Waals surface area contributed by atoms with Gasteiger partial charge >= 0.3 is 0 Å². The Bertz CT molecular complexity index is 3560. The number of rotatable bonds is 4. The quantitative estimate of drug-likeness (QED) is 0.163. The second-order valence-corrected chi connectivity index (χ2v) is 29.7. The molecule has 1 fully saturated rings. The smallest absolute Gasteiger partial charge is 0.252 e. The number of fused-ring (bicyclic) bond motifs is 9. The molecule has 3 aliphatic carbocycles. The SMILES string of the molecule is CC1(C)Cc2ccc(N3c4cc5c(cc4B4c6cc(C(C)(C)C)ccc6N(c6ccc(C(C)(C)C)cc6-c6ccccc6)c6cc(N7c8ccc(C(C)(C)C)cc8C8(C)CCCCC78C)cc3c64)CC(C)(C)C5)cc2C1. The first-order chi connectivity index (χ1) is 35.7. The minimum Gasteiger partial charge on any atom is -0.334 e. The zero-order chi connectivity index (χ0) is 53.4. The molecule has 0 radical (unpaired) electrons. The van der Waals surface area contributed by atoms with E-state index in [1.165, 1.54) is 137 Å². The number of anilines is 8. The van der Waals surface area contributed by atoms with Crippen LogP contribution in [0, 0.1) is 10.8 Å². The third-order valence-corrected chi connectivity index (χ3v) is 19.8. The van der Waals surface area contributed by atoms with Crippen molar-refractivity contribution in [3.63, 3.8) is 0 Å². The summed E-state index contributed by atoms with van der Waals surface area (Å²) in [5.41, 5.74) is 29.1. The molecule has 4 heteroatoms. The predicted molar refractivity (Wildman–Crippen MR) is 327 cm³/mol. The first-order valence-electron chi connectivity index (χ1n) is 29.1. The monoisotopic (exact) mass is 1000 g/mol. The van der Waals surface area contributed by atoms with Crippen LogP contribution < -0.4 is 31.1 Å². The molecule has 0 amide bonds. The summed E-state index contributed by atoms with van der Waals surface area (Å²) < 4.78 is 0. The molecule has 0 spiro atoms. The highest BCUT2D eigenvalue weighted by Crippen LogP contribution is 2.62. The Hall–Kier alpha value is -6.00. The molecule has 0 bridgehead atoms. The zero-order valence-electron chi connectivity index (χ0n) is 48.7. The summed E-state index contributed by atoms with van der Waals surface area (Å²) in [6.07, 6.45) is 9.21. The van der Waals surface area contributed by atoms with Crippen LogP contribution in [0.25, 0.3) is 11.1 Å². The largest absolute Gasteiger partial charge is 0.334 e. The Morgan fingerprint density at radius 1 is 0.421 bits per heavy atom. The van der Waals surface area contributed by atoms with E-state index >= 15 is 0 Å². The van der Waals surface area contributed by atoms with Gasteiger partial charge in [-0.1, -0.05) is 183 Å². The first-order valence-corrected chi connectivity index (χ1v) is 29.1. The van der Waals surface area contributed by atoms with Crippen LogP contribution >= 0.6 is 0 Å². The standard InChI is InChI=1S/C72H82BN3/c1-66(2,3)50-24-28-59(55(36-50)45-21-17-16-18-22-45)75-61-30-26-52(68(7,8)9)38-58(61)73-57-34-48-43-70(12,13)44-49(48)35-62(57)74(53-27-23-46-41-69(10,11)42-47(46)33-53)63-39-54(40-64(75)65(63)73)76-60-29-25-51(67(4,5)6)37-56(60)71(14)31-19-20-32-72(71,76)15/h16-18,21-30,33-40H,19-20,31-32,41-44H2,1-15H3. The van der Waals surface area contributed by atoms with Gasteiger partial charge in [0, 0.05) is 50.8 Å². The van der Waals surface area contributed by atoms with Gasteiger partial charge in [0.25, 0.3) is 6.71 Å². The molecule has 2 atom stereocenters. The van der Waals surface area contributed by atoms with Crippen LogP contribution in [0.4, 0.5) is 45.5 Å². The lowest BCUT2D eigenvalue weighted by Gasteiger charge is -2.51. The molecule has 6 aliphatic rings. The highest BCUT2D eigenvalue weighted by atomic mass is 15.3. The van der Waals surface area contributed by atoms with E-state index in [1.54, 1.807) is 0 Å². The van der Waals surface area contributed by atoms with Gasteiger partial charge in [0.2, 0.25) is 0 Å². The van der Waals surface area contributed by atoms with Crippen molar-refractivity contribution in [2.24, 2.45) is 10.8 Å². The van der Waals surface area contributed by atoms with E-state index in [0.29, 0.717) is 0 Å². The van der Waals surface area contributed by atoms with Crippen molar-refractivity contribution in [2.75, 3.05) is 14.7 Å². The van der Waals surface area contributed by atoms with Crippen LogP contribution in [0.3, 0.4) is 0 Å². The summed E-state index contributed by atoms with van der Waals surface area (Å²) in [7, 11) is 0. The Labute approximate surface area is 457 Å². The maximum absolute atomic E-state index is 2.86. The summed E-state index contributed by atoms with van der Waals surface area (Å²) in [6.45, 7) is 36.5. The third kappa shape index (κ3) is 7.48. The summed E-state index contributed by atoms with van der Waals surface area (Å²) in [6, 6.07) is 52.0. The van der Waals surface area contributed by atoms with Crippen LogP contribution in [0.15, 0.2) is 127 Å². The number of benzene rings is 7. The highest BCUT2D eigenvalue weighted by Gasteiger charge is 2.58. The molecule has 13 rings (SSSR count). The van der Waals surface area contributed by atoms with Gasteiger partial charge in [0.05, 0.1) is 11.2 Å². The Kier molecular flexibility index (Phi) is 10.6. The number of hydrogen-bond acceptors (Lipinski definition) is 3. The second kappa shape index (κ2) is 16.3. The average molecular weight is 1000 g/mol. The van der Waals surface area contributed by atoms with Gasteiger partial charge in [-0.05, 0) is 194 Å². The fourth-order valence-corrected chi connectivity index (χ4v) is 15.5. The maximum Gasteiger partial charge on any atom is 0.252 e. The molecular weight excluding hydrogens is 918 g/mol. The maximum atomic E-state index is 2.86. The van der Waals surface area contributed by atoms with Gasteiger partial charge < -0.3 is 14.7 Å². The summed E-state index contributed by atoms with van der Waals surface area (Å²) in [5, 5.41) is 0. The highest BCUT2D eigenvalue weighted by molar-refractivity contribution is 7.00. The molecule has 388 valence electrons. The average Bonchev–Trinajstić information content (AvgIpc) is 4.12. The van der Waals surface area contributed by atoms with E-state index in [0.717, 1.165) is 32.1 Å². The lowest BCUT2D eigenvalue weighted by molar-refractivity contribution is 0.195. The van der Waals surface area contributed by atoms with E-state index in [1.807, 2.05) is 0 Å². The molecule has 0 N–H and O–H groups in total. The first kappa shape index (κ1) is 49.6. The van der Waals surface area contributed by atoms with Crippen LogP contribution in [0.5, 0.6) is 0 Å². The van der Waals surface area contributed by atoms with Crippen LogP contribution in [0.1, 0.15) is 174 Å². The van der Waals surface area contributed by atoms with Crippen molar-refractivity contribution in [1.82, 2.24) is 0 Å². The van der Waals surface area contributed by atoms with Gasteiger partial charge in [-0.15, -0.1) is 0 Å². The molecule has 3 nitrogen and oxygen atoms in total. The number of nitrogens with zero attached hydrogens (tertiary/aromatic N) is 3. The Morgan fingerprint density at radius 3 is 1.62 bits per heavy atom. The molecule has 3 heterocycles. The van der Waals surface area contributed by atoms with E-state index in [4.69, 9.17) is 0 Å². The van der Waals surface area contributed by atoms with Gasteiger partial charge in [-0.3, -0.25) is 0 Å². The topological polar surface area (TPSA) is 9.72 Å². The van der Waals surface area contributed by atoms with Crippen molar-refractivity contribution in [1.29, 1.82) is 0 Å². The summed E-state index contributed by atoms with van der Waals surface area (Å²) in [4.78, 5) is 8.34. The molecule has 2 unspecified atom stereocenters. The van der Waals surface area contributed by atoms with Gasteiger partial charge in [-0.25, -0.2) is 0 Å². The lowest BCUT2D eigenvalue weighted by atomic mass is 9.33. The van der Waals surface area contributed by atoms with Crippen LogP contribution in [0.2, 0.25) is 0 Å². The van der Waals surface area contributed by atoms with Crippen molar-refractivity contribution in [3.8, 4) is 11.1 Å². The molecule has 3 aliphatic heterocycles. The molecule has 7 aromatic carbocycles. The predicted octanol–water partition coefficient (Wildman–Crippen LogP) is 17.3. The van der Waals surface area contributed by atoms with Crippen molar-refractivity contribution < 1.29 is 0 Å². The third-order valence-electron chi connectivity index (χ3n) is 19.8. The second-order valence-electron chi connectivity index (χ2n) is 29.7. The summed E-state index contributed by atoms with van der Waals surface area (Å²) in [5.74, 6) is 0. The zero-order valence-corrected chi connectivity index (χ0v) is 48.7. The van der Waals surface area contributed by atoms with Crippen molar-refractivity contribution >= 4 is 68.6 Å². The number of hydrogen-bond donors (Lipinski definition) is 0. The Balaban J connectivity index is 1.18. The van der Waals surface area contributed by atoms with E-state index in [-0.39, 0.29) is 44.7 Å². The van der Waals surface area contributed by atoms with Crippen molar-refractivity contribution in [3.05, 3.63) is 172 Å². The van der Waals surface area contributed by atoms with Crippen LogP contribution in [-0.2, 0) is 47.3 Å². The lowest BCUT2D eigenvalue weighted by Crippen LogP contribution is -2.62. The molecule has 0 saturated heterocycles. The fourth-order valence-electron chi connectivity index (χ4n) is 15.5. The van der Waals surface area contributed by atoms with E-state index in [2.05, 4.69) is 246 Å². The van der Waals surface area contributed by atoms with Gasteiger partial charge in [-0.2, -0.15) is 0 Å². The molecular formula is C72H82BN3. The Morgan fingerprint density at radius 2 is 0.961 bits per heavy atom. The van der Waals surface area contributed by atoms with E-state index in [9.17, 15) is 0 Å². The van der Waals surface area contributed by atoms with Crippen molar-refractivity contribution in [2.45, 2.75) is 182 Å². The molecule has 1 saturated carbocycles. The molecule has 76 heavy (non-hydrogen) atoms. The summed E-state index contributed by atoms with van der Waals surface area (Å²) >= 11 is 0. The normalized spacial score (nSPS) is 21.7.